The van der Waals surface area contributed by atoms with Gasteiger partial charge in [0.25, 0.3) is 5.91 Å². The molecule has 24 heavy (non-hydrogen) atoms. The maximum atomic E-state index is 12.4. The highest BCUT2D eigenvalue weighted by Gasteiger charge is 2.22. The van der Waals surface area contributed by atoms with Crippen molar-refractivity contribution in [2.24, 2.45) is 5.73 Å². The van der Waals surface area contributed by atoms with Crippen LogP contribution in [-0.2, 0) is 0 Å². The Balaban J connectivity index is 0.00000288. The van der Waals surface area contributed by atoms with Crippen molar-refractivity contribution in [2.45, 2.75) is 38.6 Å². The lowest BCUT2D eigenvalue weighted by atomic mass is 9.94. The van der Waals surface area contributed by atoms with E-state index in [4.69, 9.17) is 5.73 Å². The zero-order valence-corrected chi connectivity index (χ0v) is 15.1. The molecule has 1 aromatic carbocycles. The van der Waals surface area contributed by atoms with Crippen LogP contribution in [0, 0.1) is 0 Å². The van der Waals surface area contributed by atoms with Crippen LogP contribution in [0.15, 0.2) is 24.3 Å². The molecule has 6 nitrogen and oxygen atoms in total. The van der Waals surface area contributed by atoms with E-state index in [2.05, 4.69) is 10.6 Å². The molecule has 0 unspecified atom stereocenters. The van der Waals surface area contributed by atoms with Crippen molar-refractivity contribution in [1.82, 2.24) is 10.6 Å². The van der Waals surface area contributed by atoms with Gasteiger partial charge in [0.2, 0.25) is 0 Å². The third-order valence-electron chi connectivity index (χ3n) is 4.51. The maximum absolute atomic E-state index is 12.4. The molecular weight excluding hydrogens is 328 g/mol. The van der Waals surface area contributed by atoms with Crippen LogP contribution in [-0.4, -0.2) is 37.1 Å². The van der Waals surface area contributed by atoms with Crippen LogP contribution in [0.4, 0.5) is 10.5 Å². The number of halogens is 1. The quantitative estimate of drug-likeness (QED) is 0.732. The second-order valence-electron chi connectivity index (χ2n) is 6.04. The van der Waals surface area contributed by atoms with Gasteiger partial charge >= 0.3 is 6.03 Å². The van der Waals surface area contributed by atoms with E-state index in [1.165, 1.54) is 0 Å². The molecule has 0 saturated carbocycles. The molecule has 1 heterocycles. The Morgan fingerprint density at radius 3 is 2.71 bits per heavy atom. The number of carbonyl (C=O) groups is 2. The highest BCUT2D eigenvalue weighted by atomic mass is 35.5. The summed E-state index contributed by atoms with van der Waals surface area (Å²) in [5.74, 6) is -0.166. The van der Waals surface area contributed by atoms with Gasteiger partial charge in [-0.15, -0.1) is 12.4 Å². The van der Waals surface area contributed by atoms with Crippen LogP contribution < -0.4 is 21.3 Å². The van der Waals surface area contributed by atoms with Gasteiger partial charge in [-0.1, -0.05) is 19.9 Å². The normalized spacial score (nSPS) is 14.6. The minimum Gasteiger partial charge on any atom is -0.350 e. The SMILES string of the molecule is CCC(N)(CC)CNC(=O)c1cccc(N2CCCNC2=O)c1.Cl. The fourth-order valence-electron chi connectivity index (χ4n) is 2.55. The Kier molecular flexibility index (Phi) is 7.51. The molecule has 1 saturated heterocycles. The fourth-order valence-corrected chi connectivity index (χ4v) is 2.55. The third-order valence-corrected chi connectivity index (χ3v) is 4.51. The molecule has 0 spiro atoms. The second kappa shape index (κ2) is 8.89. The Hall–Kier alpha value is -1.79. The first-order chi connectivity index (χ1) is 11.0. The first-order valence-corrected chi connectivity index (χ1v) is 8.21. The molecule has 3 amide bonds. The van der Waals surface area contributed by atoms with Crippen molar-refractivity contribution in [1.29, 1.82) is 0 Å². The number of benzene rings is 1. The van der Waals surface area contributed by atoms with Gasteiger partial charge in [-0.05, 0) is 37.5 Å². The minimum atomic E-state index is -0.375. The largest absolute Gasteiger partial charge is 0.350 e. The van der Waals surface area contributed by atoms with Crippen molar-refractivity contribution in [3.05, 3.63) is 29.8 Å². The summed E-state index contributed by atoms with van der Waals surface area (Å²) in [6.45, 7) is 5.83. The molecule has 2 rings (SSSR count). The summed E-state index contributed by atoms with van der Waals surface area (Å²) in [5.41, 5.74) is 7.11. The number of hydrogen-bond donors (Lipinski definition) is 3. The Labute approximate surface area is 149 Å². The lowest BCUT2D eigenvalue weighted by Crippen LogP contribution is -2.49. The van der Waals surface area contributed by atoms with Crippen LogP contribution >= 0.6 is 12.4 Å². The van der Waals surface area contributed by atoms with E-state index in [1.807, 2.05) is 19.9 Å². The minimum absolute atomic E-state index is 0. The van der Waals surface area contributed by atoms with E-state index in [0.717, 1.165) is 24.9 Å². The highest BCUT2D eigenvalue weighted by molar-refractivity contribution is 5.98. The van der Waals surface area contributed by atoms with Crippen molar-refractivity contribution in [3.8, 4) is 0 Å². The van der Waals surface area contributed by atoms with Crippen molar-refractivity contribution >= 4 is 30.0 Å². The number of hydrogen-bond acceptors (Lipinski definition) is 3. The van der Waals surface area contributed by atoms with Crippen molar-refractivity contribution in [3.63, 3.8) is 0 Å². The van der Waals surface area contributed by atoms with Crippen LogP contribution in [0.2, 0.25) is 0 Å². The Morgan fingerprint density at radius 2 is 2.08 bits per heavy atom. The van der Waals surface area contributed by atoms with E-state index in [9.17, 15) is 9.59 Å². The summed E-state index contributed by atoms with van der Waals surface area (Å²) in [5, 5.41) is 5.71. The van der Waals surface area contributed by atoms with Gasteiger partial charge in [0, 0.05) is 36.4 Å². The number of anilines is 1. The second-order valence-corrected chi connectivity index (χ2v) is 6.04. The predicted molar refractivity (Wildman–Crippen MR) is 98.9 cm³/mol. The molecule has 0 aliphatic carbocycles. The van der Waals surface area contributed by atoms with Gasteiger partial charge in [-0.2, -0.15) is 0 Å². The van der Waals surface area contributed by atoms with Gasteiger partial charge in [0.05, 0.1) is 0 Å². The van der Waals surface area contributed by atoms with Gasteiger partial charge in [-0.25, -0.2) is 4.79 Å². The topological polar surface area (TPSA) is 87.5 Å². The summed E-state index contributed by atoms with van der Waals surface area (Å²) in [7, 11) is 0. The summed E-state index contributed by atoms with van der Waals surface area (Å²) < 4.78 is 0. The lowest BCUT2D eigenvalue weighted by molar-refractivity contribution is 0.0942. The summed E-state index contributed by atoms with van der Waals surface area (Å²) >= 11 is 0. The third kappa shape index (κ3) is 4.85. The first kappa shape index (κ1) is 20.3. The molecule has 0 atom stereocenters. The molecule has 0 radical (unpaired) electrons. The van der Waals surface area contributed by atoms with Crippen LogP contribution in [0.3, 0.4) is 0 Å². The van der Waals surface area contributed by atoms with Gasteiger partial charge < -0.3 is 16.4 Å². The van der Waals surface area contributed by atoms with Crippen molar-refractivity contribution in [2.75, 3.05) is 24.5 Å². The number of rotatable bonds is 6. The molecule has 1 aliphatic heterocycles. The first-order valence-electron chi connectivity index (χ1n) is 8.21. The molecule has 1 aliphatic rings. The van der Waals surface area contributed by atoms with Crippen LogP contribution in [0.1, 0.15) is 43.5 Å². The Bertz CT molecular complexity index is 575. The number of nitrogens with zero attached hydrogens (tertiary/aromatic N) is 1. The average molecular weight is 355 g/mol. The van der Waals surface area contributed by atoms with Crippen LogP contribution in [0.25, 0.3) is 0 Å². The standard InChI is InChI=1S/C17H26N4O2.ClH/c1-3-17(18,4-2)12-20-15(22)13-7-5-8-14(11-13)21-10-6-9-19-16(21)23;/h5,7-8,11H,3-4,6,9-10,12,18H2,1-2H3,(H,19,23)(H,20,22);1H. The smallest absolute Gasteiger partial charge is 0.321 e. The fraction of sp³-hybridized carbons (Fsp3) is 0.529. The molecule has 1 aromatic rings. The van der Waals surface area contributed by atoms with E-state index >= 15 is 0 Å². The molecular formula is C17H27ClN4O2. The highest BCUT2D eigenvalue weighted by Crippen LogP contribution is 2.18. The number of amides is 3. The molecule has 4 N–H and O–H groups in total. The lowest BCUT2D eigenvalue weighted by Gasteiger charge is -2.28. The zero-order valence-electron chi connectivity index (χ0n) is 14.3. The van der Waals surface area contributed by atoms with E-state index in [-0.39, 0.29) is 29.9 Å². The Morgan fingerprint density at radius 1 is 1.38 bits per heavy atom. The van der Waals surface area contributed by atoms with Crippen molar-refractivity contribution < 1.29 is 9.59 Å². The van der Waals surface area contributed by atoms with Gasteiger partial charge in [0.1, 0.15) is 0 Å². The number of urea groups is 1. The maximum Gasteiger partial charge on any atom is 0.321 e. The zero-order chi connectivity index (χ0) is 16.9. The van der Waals surface area contributed by atoms with Gasteiger partial charge in [0.15, 0.2) is 0 Å². The monoisotopic (exact) mass is 354 g/mol. The molecule has 134 valence electrons. The molecule has 0 bridgehead atoms. The predicted octanol–water partition coefficient (Wildman–Crippen LogP) is 2.28. The summed E-state index contributed by atoms with van der Waals surface area (Å²) in [4.78, 5) is 25.9. The average Bonchev–Trinajstić information content (AvgIpc) is 2.60. The van der Waals surface area contributed by atoms with E-state index in [1.54, 1.807) is 23.1 Å². The summed E-state index contributed by atoms with van der Waals surface area (Å²) in [6.07, 6.45) is 2.50. The van der Waals surface area contributed by atoms with Gasteiger partial charge in [-0.3, -0.25) is 9.69 Å². The molecule has 1 fully saturated rings. The molecule has 7 heteroatoms. The van der Waals surface area contributed by atoms with E-state index in [0.29, 0.717) is 25.2 Å². The summed E-state index contributed by atoms with van der Waals surface area (Å²) in [6, 6.07) is 7.01. The number of nitrogens with one attached hydrogen (secondary N) is 2. The number of nitrogens with two attached hydrogens (primary N) is 1. The molecule has 0 aromatic heterocycles. The van der Waals surface area contributed by atoms with Crippen LogP contribution in [0.5, 0.6) is 0 Å². The van der Waals surface area contributed by atoms with E-state index < -0.39 is 0 Å². The number of carbonyl (C=O) groups excluding carboxylic acids is 2.